The van der Waals surface area contributed by atoms with Crippen molar-refractivity contribution in [1.29, 1.82) is 0 Å². The number of urea groups is 1. The number of benzene rings is 1. The minimum atomic E-state index is -0.216. The summed E-state index contributed by atoms with van der Waals surface area (Å²) < 4.78 is 13.0. The van der Waals surface area contributed by atoms with E-state index in [9.17, 15) is 9.18 Å². The first-order valence-corrected chi connectivity index (χ1v) is 5.92. The molecular weight excluding hydrogens is 219 g/mol. The molecule has 0 atom stereocenters. The number of halogens is 1. The molecule has 0 heterocycles. The summed E-state index contributed by atoms with van der Waals surface area (Å²) in [7, 11) is 0. The van der Waals surface area contributed by atoms with Gasteiger partial charge in [0.1, 0.15) is 5.82 Å². The van der Waals surface area contributed by atoms with Crippen LogP contribution >= 0.6 is 0 Å². The summed E-state index contributed by atoms with van der Waals surface area (Å²) in [4.78, 5) is 11.4. The molecule has 0 aliphatic heterocycles. The van der Waals surface area contributed by atoms with Gasteiger partial charge in [0.05, 0.1) is 0 Å². The maximum absolute atomic E-state index is 13.0. The van der Waals surface area contributed by atoms with E-state index in [4.69, 9.17) is 0 Å². The van der Waals surface area contributed by atoms with Gasteiger partial charge in [0.15, 0.2) is 0 Å². The van der Waals surface area contributed by atoms with E-state index in [1.54, 1.807) is 19.1 Å². The Morgan fingerprint density at radius 3 is 2.82 bits per heavy atom. The zero-order valence-corrected chi connectivity index (χ0v) is 9.92. The summed E-state index contributed by atoms with van der Waals surface area (Å²) >= 11 is 0. The minimum Gasteiger partial charge on any atom is -0.338 e. The third-order valence-electron chi connectivity index (χ3n) is 2.92. The number of amides is 2. The summed E-state index contributed by atoms with van der Waals surface area (Å²) in [6.07, 6.45) is 2.44. The van der Waals surface area contributed by atoms with Gasteiger partial charge < -0.3 is 10.6 Å². The number of hydrogen-bond acceptors (Lipinski definition) is 1. The van der Waals surface area contributed by atoms with Crippen molar-refractivity contribution in [1.82, 2.24) is 10.6 Å². The Morgan fingerprint density at radius 2 is 2.18 bits per heavy atom. The van der Waals surface area contributed by atoms with Crippen LogP contribution in [0.4, 0.5) is 9.18 Å². The molecule has 0 saturated heterocycles. The molecule has 0 spiro atoms. The zero-order valence-electron chi connectivity index (χ0n) is 9.92. The Kier molecular flexibility index (Phi) is 3.61. The summed E-state index contributed by atoms with van der Waals surface area (Å²) in [6.45, 7) is 2.90. The first-order chi connectivity index (χ1) is 8.15. The Balaban J connectivity index is 1.75. The van der Waals surface area contributed by atoms with Gasteiger partial charge in [-0.25, -0.2) is 9.18 Å². The van der Waals surface area contributed by atoms with Crippen LogP contribution < -0.4 is 10.6 Å². The third kappa shape index (κ3) is 3.73. The summed E-state index contributed by atoms with van der Waals surface area (Å²) in [6, 6.07) is 4.70. The molecule has 92 valence electrons. The molecule has 1 aliphatic carbocycles. The predicted molar refractivity (Wildman–Crippen MR) is 64.1 cm³/mol. The van der Waals surface area contributed by atoms with Crippen LogP contribution in [0.1, 0.15) is 24.0 Å². The van der Waals surface area contributed by atoms with Crippen LogP contribution in [0.25, 0.3) is 0 Å². The standard InChI is InChI=1S/C13H17FN2O/c1-9-6-11(4-5-12(9)14)8-16-13(17)15-7-10-2-3-10/h4-6,10H,2-3,7-8H2,1H3,(H2,15,16,17). The molecule has 0 bridgehead atoms. The van der Waals surface area contributed by atoms with Crippen molar-refractivity contribution in [3.05, 3.63) is 35.1 Å². The molecule has 1 aromatic rings. The van der Waals surface area contributed by atoms with E-state index in [2.05, 4.69) is 10.6 Å². The number of aryl methyl sites for hydroxylation is 1. The lowest BCUT2D eigenvalue weighted by atomic mass is 10.1. The zero-order chi connectivity index (χ0) is 12.3. The van der Waals surface area contributed by atoms with Gasteiger partial charge in [-0.05, 0) is 42.9 Å². The monoisotopic (exact) mass is 236 g/mol. The van der Waals surface area contributed by atoms with Crippen LogP contribution in [-0.2, 0) is 6.54 Å². The molecule has 1 saturated carbocycles. The van der Waals surface area contributed by atoms with Crippen molar-refractivity contribution >= 4 is 6.03 Å². The summed E-state index contributed by atoms with van der Waals surface area (Å²) in [5.74, 6) is 0.459. The van der Waals surface area contributed by atoms with Gasteiger partial charge in [-0.15, -0.1) is 0 Å². The molecule has 0 radical (unpaired) electrons. The van der Waals surface area contributed by atoms with E-state index in [0.29, 0.717) is 18.0 Å². The highest BCUT2D eigenvalue weighted by atomic mass is 19.1. The van der Waals surface area contributed by atoms with Gasteiger partial charge in [0.25, 0.3) is 0 Å². The molecule has 1 fully saturated rings. The van der Waals surface area contributed by atoms with Gasteiger partial charge in [0.2, 0.25) is 0 Å². The molecule has 0 unspecified atom stereocenters. The average molecular weight is 236 g/mol. The number of rotatable bonds is 4. The quantitative estimate of drug-likeness (QED) is 0.827. The van der Waals surface area contributed by atoms with Gasteiger partial charge in [-0.1, -0.05) is 12.1 Å². The third-order valence-corrected chi connectivity index (χ3v) is 2.92. The number of nitrogens with one attached hydrogen (secondary N) is 2. The first-order valence-electron chi connectivity index (χ1n) is 5.92. The van der Waals surface area contributed by atoms with Crippen LogP contribution in [0, 0.1) is 18.7 Å². The fraction of sp³-hybridized carbons (Fsp3) is 0.462. The smallest absolute Gasteiger partial charge is 0.315 e. The average Bonchev–Trinajstić information content (AvgIpc) is 3.12. The Hall–Kier alpha value is -1.58. The normalized spacial score (nSPS) is 14.5. The van der Waals surface area contributed by atoms with Gasteiger partial charge in [-0.3, -0.25) is 0 Å². The lowest BCUT2D eigenvalue weighted by Gasteiger charge is -2.07. The van der Waals surface area contributed by atoms with E-state index in [0.717, 1.165) is 12.1 Å². The lowest BCUT2D eigenvalue weighted by molar-refractivity contribution is 0.240. The van der Waals surface area contributed by atoms with Crippen LogP contribution in [0.15, 0.2) is 18.2 Å². The second-order valence-electron chi connectivity index (χ2n) is 4.59. The van der Waals surface area contributed by atoms with Crippen LogP contribution in [0.3, 0.4) is 0 Å². The van der Waals surface area contributed by atoms with Crippen molar-refractivity contribution in [3.63, 3.8) is 0 Å². The van der Waals surface area contributed by atoms with E-state index in [1.165, 1.54) is 18.9 Å². The van der Waals surface area contributed by atoms with Crippen molar-refractivity contribution in [2.24, 2.45) is 5.92 Å². The minimum absolute atomic E-state index is 0.154. The lowest BCUT2D eigenvalue weighted by Crippen LogP contribution is -2.36. The SMILES string of the molecule is Cc1cc(CNC(=O)NCC2CC2)ccc1F. The molecule has 0 aromatic heterocycles. The topological polar surface area (TPSA) is 41.1 Å². The van der Waals surface area contributed by atoms with Crippen LogP contribution in [0.2, 0.25) is 0 Å². The highest BCUT2D eigenvalue weighted by molar-refractivity contribution is 5.73. The van der Waals surface area contributed by atoms with E-state index in [-0.39, 0.29) is 11.8 Å². The molecule has 2 N–H and O–H groups in total. The first kappa shape index (κ1) is 11.9. The molecular formula is C13H17FN2O. The Labute approximate surface area is 100 Å². The highest BCUT2D eigenvalue weighted by Crippen LogP contribution is 2.27. The molecule has 1 aromatic carbocycles. The molecule has 1 aliphatic rings. The van der Waals surface area contributed by atoms with Crippen molar-refractivity contribution in [3.8, 4) is 0 Å². The Morgan fingerprint density at radius 1 is 1.41 bits per heavy atom. The van der Waals surface area contributed by atoms with Crippen molar-refractivity contribution < 1.29 is 9.18 Å². The molecule has 3 nitrogen and oxygen atoms in total. The maximum atomic E-state index is 13.0. The largest absolute Gasteiger partial charge is 0.338 e. The van der Waals surface area contributed by atoms with E-state index in [1.807, 2.05) is 0 Å². The van der Waals surface area contributed by atoms with Crippen LogP contribution in [-0.4, -0.2) is 12.6 Å². The molecule has 2 rings (SSSR count). The summed E-state index contributed by atoms with van der Waals surface area (Å²) in [5, 5.41) is 5.57. The van der Waals surface area contributed by atoms with Crippen molar-refractivity contribution in [2.45, 2.75) is 26.3 Å². The second-order valence-corrected chi connectivity index (χ2v) is 4.59. The second kappa shape index (κ2) is 5.17. The summed E-state index contributed by atoms with van der Waals surface area (Å²) in [5.41, 5.74) is 1.51. The number of carbonyl (C=O) groups excluding carboxylic acids is 1. The van der Waals surface area contributed by atoms with Gasteiger partial charge in [0, 0.05) is 13.1 Å². The van der Waals surface area contributed by atoms with Crippen LogP contribution in [0.5, 0.6) is 0 Å². The fourth-order valence-electron chi connectivity index (χ4n) is 1.62. The predicted octanol–water partition coefficient (Wildman–Crippen LogP) is 2.34. The molecule has 17 heavy (non-hydrogen) atoms. The van der Waals surface area contributed by atoms with E-state index < -0.39 is 0 Å². The van der Waals surface area contributed by atoms with Crippen molar-refractivity contribution in [2.75, 3.05) is 6.54 Å². The molecule has 2 amide bonds. The fourth-order valence-corrected chi connectivity index (χ4v) is 1.62. The van der Waals surface area contributed by atoms with Gasteiger partial charge >= 0.3 is 6.03 Å². The Bertz CT molecular complexity index is 416. The number of hydrogen-bond donors (Lipinski definition) is 2. The highest BCUT2D eigenvalue weighted by Gasteiger charge is 2.21. The number of carbonyl (C=O) groups is 1. The van der Waals surface area contributed by atoms with Gasteiger partial charge in [-0.2, -0.15) is 0 Å². The maximum Gasteiger partial charge on any atom is 0.315 e. The van der Waals surface area contributed by atoms with E-state index >= 15 is 0 Å². The molecule has 4 heteroatoms.